The van der Waals surface area contributed by atoms with Gasteiger partial charge in [-0.15, -0.1) is 0 Å². The van der Waals surface area contributed by atoms with E-state index in [9.17, 15) is 33.6 Å². The normalized spacial score (nSPS) is 8.10. The van der Waals surface area contributed by atoms with Gasteiger partial charge in [0, 0.05) is 41.0 Å². The molecule has 0 aromatic heterocycles. The van der Waals surface area contributed by atoms with Crippen molar-refractivity contribution >= 4 is 76.3 Å². The van der Waals surface area contributed by atoms with E-state index < -0.39 is 0 Å². The zero-order valence-electron chi connectivity index (χ0n) is 77.9. The SMILES string of the molecule is CC.CC.CC.CC(C)C.CCC.CCC.CCC(=O)OC.COC(=O)C(C)(C)C.COC(C)=O.COC(C)=O.COC(C)=O.COC(C)=O.COC(C)=O.COC=O.COC=O.c1ccc(-c2ccccc2)cc1.c1ccc(-c2ccccc2)cc1.c1ccc2ccccc2c1.c1ccc2ccccc2c1.c1ccccc1.c1ccccc1. The van der Waals surface area contributed by atoms with E-state index in [-0.39, 0.29) is 47.2 Å². The fourth-order valence-corrected chi connectivity index (χ4v) is 6.01. The van der Waals surface area contributed by atoms with Crippen molar-refractivity contribution in [3.8, 4) is 22.3 Å². The number of carbonyl (C=O) groups is 9. The molecule has 0 atom stereocenters. The van der Waals surface area contributed by atoms with Gasteiger partial charge in [-0.25, -0.2) is 0 Å². The van der Waals surface area contributed by atoms with E-state index >= 15 is 0 Å². The van der Waals surface area contributed by atoms with Gasteiger partial charge in [0.2, 0.25) is 0 Å². The standard InChI is InChI=1S/2C12H10.2C10H8.C6H12O2.2C6H6.C4H8O2.C4H10.5C3H6O2.2C3H8.2C2H4O2.3C2H6/c2*1-3-7-11(8-4-1)12-9-5-2-6-10-12;2*1-2-6-10-8-4-3-7-9(10)5-1;1-6(2,3)5(7)8-4;2*1-2-4-6-5-3-1;1-3-4(5)6-2;1-4(2)3;5*1-3(4)5-2;2*1-3-2;2*1-4-2-3;3*1-2/h2*1-10H;2*1-8H;1-4H3;2*1-6H;3H2,1-2H3;4H,1-3H3;5*1-2H3;2*3H2,1-2H3;2*2H,1H3;3*1-2H3. The van der Waals surface area contributed by atoms with Crippen LogP contribution in [0.15, 0.2) is 291 Å². The quantitative estimate of drug-likeness (QED) is 0.0884. The van der Waals surface area contributed by atoms with E-state index in [4.69, 9.17) is 9.59 Å². The lowest BCUT2D eigenvalue weighted by molar-refractivity contribution is -0.149. The van der Waals surface area contributed by atoms with Crippen molar-refractivity contribution in [1.82, 2.24) is 0 Å². The molecule has 0 amide bonds. The minimum absolute atomic E-state index is 0.157. The van der Waals surface area contributed by atoms with Crippen molar-refractivity contribution in [2.45, 2.75) is 172 Å². The molecule has 0 radical (unpaired) electrons. The van der Waals surface area contributed by atoms with Gasteiger partial charge in [-0.2, -0.15) is 0 Å². The van der Waals surface area contributed by atoms with Crippen molar-refractivity contribution in [3.63, 3.8) is 0 Å². The Hall–Kier alpha value is -12.1. The van der Waals surface area contributed by atoms with Crippen molar-refractivity contribution in [2.75, 3.05) is 64.0 Å². The number of methoxy groups -OCH3 is 9. The van der Waals surface area contributed by atoms with Crippen LogP contribution in [0.3, 0.4) is 0 Å². The van der Waals surface area contributed by atoms with Crippen LogP contribution < -0.4 is 0 Å². The fraction of sp³-hybridized carbons (Fsp3) is 0.356. The Bertz CT molecular complexity index is 3180. The van der Waals surface area contributed by atoms with Gasteiger partial charge in [0.25, 0.3) is 12.9 Å². The molecule has 662 valence electrons. The van der Waals surface area contributed by atoms with E-state index in [0.29, 0.717) is 19.4 Å². The minimum Gasteiger partial charge on any atom is -0.471 e. The summed E-state index contributed by atoms with van der Waals surface area (Å²) >= 11 is 0. The summed E-state index contributed by atoms with van der Waals surface area (Å²) in [6.45, 7) is 41.8. The maximum absolute atomic E-state index is 10.6. The lowest BCUT2D eigenvalue weighted by Crippen LogP contribution is -2.21. The summed E-state index contributed by atoms with van der Waals surface area (Å²) in [6, 6.07) is 99.0. The first-order chi connectivity index (χ1) is 56.9. The lowest BCUT2D eigenvalue weighted by Gasteiger charge is -2.13. The molecule has 0 fully saturated rings. The summed E-state index contributed by atoms with van der Waals surface area (Å²) in [5.41, 5.74) is 4.75. The Kier molecular flexibility index (Phi) is 118. The number of benzene rings is 10. The molecule has 10 aromatic rings. The molecule has 0 aliphatic carbocycles. The number of hydrogen-bond donors (Lipinski definition) is 0. The molecular weight excluding hydrogens is 1500 g/mol. The van der Waals surface area contributed by atoms with Gasteiger partial charge in [0.05, 0.1) is 69.4 Å². The fourth-order valence-electron chi connectivity index (χ4n) is 6.01. The van der Waals surface area contributed by atoms with E-state index in [1.165, 1.54) is 155 Å². The second kappa shape index (κ2) is 108. The highest BCUT2D eigenvalue weighted by atomic mass is 16.5. The van der Waals surface area contributed by atoms with Crippen LogP contribution in [0.25, 0.3) is 43.8 Å². The maximum atomic E-state index is 10.6. The first kappa shape index (κ1) is 130. The number of hydrogen-bond acceptors (Lipinski definition) is 18. The molecule has 0 aliphatic heterocycles. The highest BCUT2D eigenvalue weighted by Gasteiger charge is 2.21. The largest absolute Gasteiger partial charge is 0.471 e. The van der Waals surface area contributed by atoms with Crippen LogP contribution in [-0.4, -0.2) is 119 Å². The molecule has 10 rings (SSSR count). The Morgan fingerprint density at radius 2 is 0.387 bits per heavy atom. The third-order valence-electron chi connectivity index (χ3n) is 11.4. The van der Waals surface area contributed by atoms with Gasteiger partial charge in [-0.1, -0.05) is 401 Å². The van der Waals surface area contributed by atoms with Gasteiger partial charge >= 0.3 is 41.8 Å². The monoisotopic (exact) mass is 1650 g/mol. The predicted molar refractivity (Wildman–Crippen MR) is 499 cm³/mol. The van der Waals surface area contributed by atoms with Gasteiger partial charge in [-0.3, -0.25) is 43.2 Å². The predicted octanol–water partition coefficient (Wildman–Crippen LogP) is 25.6. The smallest absolute Gasteiger partial charge is 0.310 e. The molecule has 0 heterocycles. The Labute approximate surface area is 718 Å². The van der Waals surface area contributed by atoms with Crippen molar-refractivity contribution < 1.29 is 85.8 Å². The molecule has 0 N–H and O–H groups in total. The zero-order valence-corrected chi connectivity index (χ0v) is 77.9. The average molecular weight is 1650 g/mol. The Balaban J connectivity index is -0.000000117. The van der Waals surface area contributed by atoms with Gasteiger partial charge in [0.15, 0.2) is 0 Å². The molecule has 18 nitrogen and oxygen atoms in total. The van der Waals surface area contributed by atoms with Crippen LogP contribution in [0.1, 0.15) is 172 Å². The topological polar surface area (TPSA) is 237 Å². The summed E-state index contributed by atoms with van der Waals surface area (Å²) in [4.78, 5) is 86.4. The average Bonchev–Trinajstić information content (AvgIpc) is 0.894. The van der Waals surface area contributed by atoms with Gasteiger partial charge < -0.3 is 42.6 Å². The van der Waals surface area contributed by atoms with E-state index in [2.05, 4.69) is 285 Å². The number of fused-ring (bicyclic) bond motifs is 2. The van der Waals surface area contributed by atoms with Gasteiger partial charge in [-0.05, 0) is 70.5 Å². The van der Waals surface area contributed by atoms with E-state index in [1.54, 1.807) is 6.92 Å². The number of rotatable bonds is 5. The zero-order chi connectivity index (χ0) is 93.6. The Morgan fingerprint density at radius 3 is 0.454 bits per heavy atom. The maximum Gasteiger partial charge on any atom is 0.310 e. The third-order valence-corrected chi connectivity index (χ3v) is 11.4. The van der Waals surface area contributed by atoms with Crippen LogP contribution in [0.5, 0.6) is 0 Å². The third kappa shape index (κ3) is 115. The molecule has 0 aliphatic rings. The molecule has 0 bridgehead atoms. The summed E-state index contributed by atoms with van der Waals surface area (Å²) in [6.07, 6.45) is 2.97. The molecule has 10 aromatic carbocycles. The summed E-state index contributed by atoms with van der Waals surface area (Å²) < 4.78 is 37.0. The van der Waals surface area contributed by atoms with Crippen LogP contribution in [0, 0.1) is 11.3 Å². The van der Waals surface area contributed by atoms with Crippen LogP contribution in [-0.2, 0) is 85.8 Å². The Morgan fingerprint density at radius 1 is 0.269 bits per heavy atom. The van der Waals surface area contributed by atoms with Crippen LogP contribution in [0.4, 0.5) is 0 Å². The number of ether oxygens (including phenoxy) is 9. The second-order valence-electron chi connectivity index (χ2n) is 23.4. The van der Waals surface area contributed by atoms with Crippen molar-refractivity contribution in [3.05, 3.63) is 291 Å². The minimum atomic E-state index is -0.352. The molecule has 18 heteroatoms. The van der Waals surface area contributed by atoms with E-state index in [1.807, 2.05) is 159 Å². The van der Waals surface area contributed by atoms with Crippen molar-refractivity contribution in [1.29, 1.82) is 0 Å². The lowest BCUT2D eigenvalue weighted by atomic mass is 9.98. The summed E-state index contributed by atoms with van der Waals surface area (Å²) in [5.74, 6) is -0.720. The molecule has 0 spiro atoms. The number of carbonyl (C=O) groups excluding carboxylic acids is 9. The van der Waals surface area contributed by atoms with Crippen LogP contribution in [0.2, 0.25) is 0 Å². The van der Waals surface area contributed by atoms with Crippen molar-refractivity contribution in [2.24, 2.45) is 11.3 Å². The first-order valence-corrected chi connectivity index (χ1v) is 39.3. The van der Waals surface area contributed by atoms with Gasteiger partial charge in [0.1, 0.15) is 0 Å². The van der Waals surface area contributed by atoms with Crippen LogP contribution >= 0.6 is 0 Å². The molecule has 0 unspecified atom stereocenters. The molecule has 119 heavy (non-hydrogen) atoms. The van der Waals surface area contributed by atoms with E-state index in [0.717, 1.165) is 5.92 Å². The molecule has 0 saturated heterocycles. The first-order valence-electron chi connectivity index (χ1n) is 39.3. The number of esters is 7. The second-order valence-corrected chi connectivity index (χ2v) is 23.4. The molecular formula is C101H150O18. The highest BCUT2D eigenvalue weighted by Crippen LogP contribution is 2.19. The molecule has 0 saturated carbocycles. The summed E-state index contributed by atoms with van der Waals surface area (Å²) in [7, 11) is 12.1. The summed E-state index contributed by atoms with van der Waals surface area (Å²) in [5, 5.41) is 5.24. The highest BCUT2D eigenvalue weighted by molar-refractivity contribution is 5.83.